The van der Waals surface area contributed by atoms with Crippen molar-refractivity contribution in [3.8, 4) is 11.3 Å². The van der Waals surface area contributed by atoms with Crippen LogP contribution in [0.1, 0.15) is 58.3 Å². The molecule has 0 saturated heterocycles. The molecule has 0 saturated carbocycles. The molecule has 5 heteroatoms. The van der Waals surface area contributed by atoms with Gasteiger partial charge in [-0.25, -0.2) is 9.78 Å². The Morgan fingerprint density at radius 1 is 1.25 bits per heavy atom. The number of hydrogen-bond acceptors (Lipinski definition) is 2. The van der Waals surface area contributed by atoms with Crippen molar-refractivity contribution in [3.05, 3.63) is 42.4 Å². The molecule has 0 bridgehead atoms. The average molecular weight is 329 g/mol. The second-order valence-corrected chi connectivity index (χ2v) is 7.36. The molecule has 2 rings (SSSR count). The Hall–Kier alpha value is -2.30. The van der Waals surface area contributed by atoms with E-state index in [2.05, 4.69) is 36.1 Å². The Labute approximate surface area is 143 Å². The van der Waals surface area contributed by atoms with Crippen LogP contribution in [0.25, 0.3) is 11.3 Å². The molecule has 2 aromatic rings. The summed E-state index contributed by atoms with van der Waals surface area (Å²) in [6.45, 7) is 6.66. The zero-order valence-corrected chi connectivity index (χ0v) is 14.7. The molecule has 0 aliphatic carbocycles. The lowest BCUT2D eigenvalue weighted by Crippen LogP contribution is -2.27. The Morgan fingerprint density at radius 2 is 1.96 bits per heavy atom. The number of nitrogens with zero attached hydrogens (tertiary/aromatic N) is 1. The molecule has 24 heavy (non-hydrogen) atoms. The average Bonchev–Trinajstić information content (AvgIpc) is 3.00. The van der Waals surface area contributed by atoms with Crippen LogP contribution >= 0.6 is 0 Å². The van der Waals surface area contributed by atoms with E-state index in [-0.39, 0.29) is 6.04 Å². The summed E-state index contributed by atoms with van der Waals surface area (Å²) in [5.74, 6) is 0.673. The van der Waals surface area contributed by atoms with Crippen molar-refractivity contribution in [2.45, 2.75) is 52.5 Å². The molecule has 0 aliphatic heterocycles. The first-order chi connectivity index (χ1) is 11.3. The first-order valence-electron chi connectivity index (χ1n) is 8.45. The van der Waals surface area contributed by atoms with Gasteiger partial charge in [-0.1, -0.05) is 63.9 Å². The van der Waals surface area contributed by atoms with Gasteiger partial charge in [-0.15, -0.1) is 0 Å². The number of benzene rings is 1. The van der Waals surface area contributed by atoms with Gasteiger partial charge in [-0.2, -0.15) is 0 Å². The van der Waals surface area contributed by atoms with E-state index in [1.165, 1.54) is 0 Å². The molecule has 5 nitrogen and oxygen atoms in total. The van der Waals surface area contributed by atoms with E-state index in [1.807, 2.05) is 30.3 Å². The van der Waals surface area contributed by atoms with Gasteiger partial charge in [0.15, 0.2) is 0 Å². The zero-order chi connectivity index (χ0) is 17.6. The topological polar surface area (TPSA) is 78.0 Å². The van der Waals surface area contributed by atoms with Gasteiger partial charge in [0.2, 0.25) is 0 Å². The fourth-order valence-electron chi connectivity index (χ4n) is 2.71. The number of nitrogens with one attached hydrogen (secondary N) is 2. The van der Waals surface area contributed by atoms with Crippen LogP contribution in [0.3, 0.4) is 0 Å². The van der Waals surface area contributed by atoms with Crippen LogP contribution in [0, 0.1) is 5.41 Å². The van der Waals surface area contributed by atoms with Crippen LogP contribution in [0.4, 0.5) is 4.79 Å². The maximum absolute atomic E-state index is 11.1. The summed E-state index contributed by atoms with van der Waals surface area (Å²) in [6, 6.07) is 9.59. The van der Waals surface area contributed by atoms with Crippen molar-refractivity contribution in [1.82, 2.24) is 15.3 Å². The number of H-pyrrole nitrogens is 1. The van der Waals surface area contributed by atoms with E-state index in [1.54, 1.807) is 6.20 Å². The third-order valence-electron chi connectivity index (χ3n) is 3.98. The molecule has 1 atom stereocenters. The number of unbranched alkanes of at least 4 members (excludes halogenated alkanes) is 1. The third-order valence-corrected chi connectivity index (χ3v) is 3.98. The lowest BCUT2D eigenvalue weighted by molar-refractivity contribution is 0.188. The number of hydrogen-bond donors (Lipinski definition) is 3. The Balaban J connectivity index is 2.02. The van der Waals surface area contributed by atoms with Crippen molar-refractivity contribution in [2.24, 2.45) is 5.41 Å². The molecule has 3 N–H and O–H groups in total. The quantitative estimate of drug-likeness (QED) is 0.626. The fourth-order valence-corrected chi connectivity index (χ4v) is 2.71. The number of aromatic nitrogens is 2. The Morgan fingerprint density at radius 3 is 2.58 bits per heavy atom. The molecule has 1 aromatic heterocycles. The summed E-state index contributed by atoms with van der Waals surface area (Å²) < 4.78 is 0. The minimum Gasteiger partial charge on any atom is -0.465 e. The molecule has 1 aromatic carbocycles. The molecule has 0 fully saturated rings. The van der Waals surface area contributed by atoms with Gasteiger partial charge in [0.05, 0.1) is 17.9 Å². The predicted octanol–water partition coefficient (Wildman–Crippen LogP) is 4.99. The number of amides is 1. The first-order valence-corrected chi connectivity index (χ1v) is 8.45. The lowest BCUT2D eigenvalue weighted by atomic mass is 9.89. The molecule has 1 unspecified atom stereocenters. The van der Waals surface area contributed by atoms with Gasteiger partial charge in [0, 0.05) is 0 Å². The number of imidazole rings is 1. The monoisotopic (exact) mass is 329 g/mol. The van der Waals surface area contributed by atoms with E-state index in [0.29, 0.717) is 11.2 Å². The maximum atomic E-state index is 11.1. The molecule has 1 heterocycles. The van der Waals surface area contributed by atoms with Gasteiger partial charge < -0.3 is 15.4 Å². The van der Waals surface area contributed by atoms with Crippen molar-refractivity contribution in [1.29, 1.82) is 0 Å². The SMILES string of the molecule is CC(C)(C)CCCCC(NC(=O)O)c1ncc(-c2ccccc2)[nH]1. The smallest absolute Gasteiger partial charge is 0.405 e. The molecule has 0 aliphatic rings. The van der Waals surface area contributed by atoms with Gasteiger partial charge in [0.1, 0.15) is 5.82 Å². The van der Waals surface area contributed by atoms with Crippen molar-refractivity contribution in [2.75, 3.05) is 0 Å². The summed E-state index contributed by atoms with van der Waals surface area (Å²) in [5, 5.41) is 11.7. The maximum Gasteiger partial charge on any atom is 0.405 e. The lowest BCUT2D eigenvalue weighted by Gasteiger charge is -2.19. The largest absolute Gasteiger partial charge is 0.465 e. The minimum atomic E-state index is -1.02. The van der Waals surface area contributed by atoms with E-state index in [0.717, 1.165) is 36.9 Å². The first kappa shape index (κ1) is 18.0. The summed E-state index contributed by atoms with van der Waals surface area (Å²) in [6.07, 6.45) is 4.64. The van der Waals surface area contributed by atoms with E-state index >= 15 is 0 Å². The highest BCUT2D eigenvalue weighted by molar-refractivity contribution is 5.65. The second kappa shape index (κ2) is 7.99. The highest BCUT2D eigenvalue weighted by atomic mass is 16.4. The van der Waals surface area contributed by atoms with E-state index < -0.39 is 6.09 Å². The van der Waals surface area contributed by atoms with E-state index in [9.17, 15) is 4.79 Å². The third kappa shape index (κ3) is 5.72. The number of rotatable bonds is 7. The van der Waals surface area contributed by atoms with Gasteiger partial charge in [0.25, 0.3) is 0 Å². The molecule has 1 amide bonds. The summed E-state index contributed by atoms with van der Waals surface area (Å²) in [5.41, 5.74) is 2.25. The minimum absolute atomic E-state index is 0.306. The van der Waals surface area contributed by atoms with Crippen molar-refractivity contribution < 1.29 is 9.90 Å². The molecule has 0 spiro atoms. The predicted molar refractivity (Wildman–Crippen MR) is 95.8 cm³/mol. The molecular weight excluding hydrogens is 302 g/mol. The Kier molecular flexibility index (Phi) is 6.01. The highest BCUT2D eigenvalue weighted by Crippen LogP contribution is 2.25. The van der Waals surface area contributed by atoms with Crippen LogP contribution in [0.15, 0.2) is 36.5 Å². The number of carboxylic acid groups (broad SMARTS) is 1. The Bertz CT molecular complexity index is 644. The van der Waals surface area contributed by atoms with Gasteiger partial charge in [-0.05, 0) is 23.8 Å². The summed E-state index contributed by atoms with van der Waals surface area (Å²) in [4.78, 5) is 18.7. The van der Waals surface area contributed by atoms with Crippen LogP contribution in [-0.4, -0.2) is 21.2 Å². The standard InChI is InChI=1S/C19H27N3O2/c1-19(2,3)12-8-7-11-15(22-18(23)24)17-20-13-16(21-17)14-9-5-4-6-10-14/h4-6,9-10,13,15,22H,7-8,11-12H2,1-3H3,(H,20,21)(H,23,24). The zero-order valence-electron chi connectivity index (χ0n) is 14.7. The normalized spacial score (nSPS) is 12.8. The number of aromatic amines is 1. The summed E-state index contributed by atoms with van der Waals surface area (Å²) >= 11 is 0. The van der Waals surface area contributed by atoms with E-state index in [4.69, 9.17) is 5.11 Å². The summed E-state index contributed by atoms with van der Waals surface area (Å²) in [7, 11) is 0. The molecule has 130 valence electrons. The van der Waals surface area contributed by atoms with Gasteiger partial charge in [-0.3, -0.25) is 0 Å². The second-order valence-electron chi connectivity index (χ2n) is 7.36. The van der Waals surface area contributed by atoms with Crippen molar-refractivity contribution in [3.63, 3.8) is 0 Å². The molecular formula is C19H27N3O2. The van der Waals surface area contributed by atoms with Crippen LogP contribution < -0.4 is 5.32 Å². The van der Waals surface area contributed by atoms with Crippen molar-refractivity contribution >= 4 is 6.09 Å². The molecule has 0 radical (unpaired) electrons. The van der Waals surface area contributed by atoms with Crippen LogP contribution in [0.5, 0.6) is 0 Å². The van der Waals surface area contributed by atoms with Gasteiger partial charge >= 0.3 is 6.09 Å². The fraction of sp³-hybridized carbons (Fsp3) is 0.474. The highest BCUT2D eigenvalue weighted by Gasteiger charge is 2.18. The van der Waals surface area contributed by atoms with Crippen LogP contribution in [0.2, 0.25) is 0 Å². The number of carbonyl (C=O) groups is 1. The van der Waals surface area contributed by atoms with Crippen LogP contribution in [-0.2, 0) is 0 Å².